The van der Waals surface area contributed by atoms with Crippen molar-refractivity contribution in [3.8, 4) is 0 Å². The minimum atomic E-state index is 0.873. The molecule has 8 nitrogen and oxygen atoms in total. The molecule has 9 rings (SSSR count). The fourth-order valence-corrected chi connectivity index (χ4v) is 5.85. The number of rotatable bonds is 0. The van der Waals surface area contributed by atoms with Crippen molar-refractivity contribution in [3.63, 3.8) is 0 Å². The summed E-state index contributed by atoms with van der Waals surface area (Å²) in [4.78, 5) is 33.0. The third-order valence-corrected chi connectivity index (χ3v) is 8.20. The summed E-state index contributed by atoms with van der Waals surface area (Å²) < 4.78 is 0. The van der Waals surface area contributed by atoms with Crippen LogP contribution in [0, 0.1) is 0 Å². The van der Waals surface area contributed by atoms with Crippen LogP contribution in [0.3, 0.4) is 0 Å². The Hall–Kier alpha value is -6.80. The largest absolute Gasteiger partial charge is 0.355 e. The van der Waals surface area contributed by atoms with Crippen molar-refractivity contribution in [2.24, 2.45) is 20.0 Å². The smallest absolute Gasteiger partial charge is 0.0872 e. The summed E-state index contributed by atoms with van der Waals surface area (Å²) in [6.45, 7) is 0. The highest BCUT2D eigenvalue weighted by Gasteiger charge is 2.12. The maximum atomic E-state index is 4.83. The van der Waals surface area contributed by atoms with Gasteiger partial charge in [-0.15, -0.1) is 0 Å². The minimum absolute atomic E-state index is 0.873. The highest BCUT2D eigenvalue weighted by molar-refractivity contribution is 6.15. The maximum absolute atomic E-state index is 4.83. The molecule has 0 saturated carbocycles. The molecule has 4 aromatic heterocycles. The van der Waals surface area contributed by atoms with Gasteiger partial charge in [0.15, 0.2) is 0 Å². The number of H-pyrrole nitrogens is 4. The number of hydrogen-bond donors (Lipinski definition) is 4. The Balaban J connectivity index is 1.03. The number of nitrogens with one attached hydrogen (secondary N) is 4. The molecule has 0 spiro atoms. The van der Waals surface area contributed by atoms with Crippen molar-refractivity contribution < 1.29 is 0 Å². The SMILES string of the molecule is C1=CC2=NC1=Cc1ccc([nH]1)C1=NC(=Cc3ccc([nH]3)C=Cc3ccc([nH]3)C=C3C=CC(=N3)c3ccc([nH]3)C=C3C=CC(=N3)C=C2)C=C1. The molecular formula is C40H28N8. The molecule has 0 aliphatic carbocycles. The molecule has 48 heavy (non-hydrogen) atoms. The summed E-state index contributed by atoms with van der Waals surface area (Å²) in [5, 5.41) is 0. The predicted molar refractivity (Wildman–Crippen MR) is 198 cm³/mol. The van der Waals surface area contributed by atoms with Crippen LogP contribution < -0.4 is 0 Å². The van der Waals surface area contributed by atoms with Crippen molar-refractivity contribution in [2.75, 3.05) is 0 Å². The second-order valence-electron chi connectivity index (χ2n) is 11.7. The molecule has 0 unspecified atom stereocenters. The van der Waals surface area contributed by atoms with E-state index in [9.17, 15) is 0 Å². The van der Waals surface area contributed by atoms with Crippen molar-refractivity contribution in [3.05, 3.63) is 178 Å². The molecule has 0 aromatic carbocycles. The molecule has 8 heteroatoms. The fourth-order valence-electron chi connectivity index (χ4n) is 5.85. The lowest BCUT2D eigenvalue weighted by Gasteiger charge is -1.95. The number of fused-ring (bicyclic) bond motifs is 14. The van der Waals surface area contributed by atoms with E-state index < -0.39 is 0 Å². The molecule has 0 atom stereocenters. The zero-order valence-corrected chi connectivity index (χ0v) is 25.6. The molecule has 0 amide bonds. The lowest BCUT2D eigenvalue weighted by atomic mass is 10.2. The Morgan fingerprint density at radius 2 is 0.646 bits per heavy atom. The van der Waals surface area contributed by atoms with E-state index in [2.05, 4.69) is 56.4 Å². The summed E-state index contributed by atoms with van der Waals surface area (Å²) in [6, 6.07) is 16.4. The van der Waals surface area contributed by atoms with Crippen LogP contribution >= 0.6 is 0 Å². The summed E-state index contributed by atoms with van der Waals surface area (Å²) in [5.41, 5.74) is 14.9. The van der Waals surface area contributed by atoms with Crippen molar-refractivity contribution in [1.29, 1.82) is 0 Å². The first-order valence-electron chi connectivity index (χ1n) is 15.7. The van der Waals surface area contributed by atoms with Crippen LogP contribution in [0.2, 0.25) is 0 Å². The van der Waals surface area contributed by atoms with Gasteiger partial charge in [0.1, 0.15) is 0 Å². The van der Waals surface area contributed by atoms with E-state index in [1.807, 2.05) is 109 Å². The second kappa shape index (κ2) is 11.5. The van der Waals surface area contributed by atoms with Crippen molar-refractivity contribution >= 4 is 59.3 Å². The minimum Gasteiger partial charge on any atom is -0.355 e. The van der Waals surface area contributed by atoms with Gasteiger partial charge in [-0.25, -0.2) is 20.0 Å². The van der Waals surface area contributed by atoms with Gasteiger partial charge in [0.2, 0.25) is 0 Å². The third-order valence-electron chi connectivity index (χ3n) is 8.20. The van der Waals surface area contributed by atoms with Crippen molar-refractivity contribution in [2.45, 2.75) is 0 Å². The quantitative estimate of drug-likeness (QED) is 0.152. The molecule has 5 aliphatic rings. The van der Waals surface area contributed by atoms with Gasteiger partial charge in [0.05, 0.1) is 57.0 Å². The molecule has 4 N–H and O–H groups in total. The first-order valence-corrected chi connectivity index (χ1v) is 15.7. The van der Waals surface area contributed by atoms with E-state index in [4.69, 9.17) is 20.0 Å². The Morgan fingerprint density at radius 3 is 1.12 bits per heavy atom. The Labute approximate surface area is 276 Å². The van der Waals surface area contributed by atoms with Gasteiger partial charge in [-0.2, -0.15) is 0 Å². The predicted octanol–water partition coefficient (Wildman–Crippen LogP) is 8.24. The van der Waals surface area contributed by atoms with Gasteiger partial charge in [0.25, 0.3) is 0 Å². The van der Waals surface area contributed by atoms with Crippen molar-refractivity contribution in [1.82, 2.24) is 19.9 Å². The zero-order chi connectivity index (χ0) is 31.9. The van der Waals surface area contributed by atoms with Gasteiger partial charge in [-0.1, -0.05) is 0 Å². The first-order chi connectivity index (χ1) is 23.6. The highest BCUT2D eigenvalue weighted by Crippen LogP contribution is 2.22. The van der Waals surface area contributed by atoms with E-state index in [1.54, 1.807) is 0 Å². The monoisotopic (exact) mass is 620 g/mol. The Morgan fingerprint density at radius 1 is 0.292 bits per heavy atom. The number of nitrogens with zero attached hydrogens (tertiary/aromatic N) is 4. The van der Waals surface area contributed by atoms with Crippen LogP contribution in [-0.2, 0) is 0 Å². The van der Waals surface area contributed by atoms with Gasteiger partial charge in [-0.3, -0.25) is 0 Å². The van der Waals surface area contributed by atoms with Crippen LogP contribution in [0.15, 0.2) is 152 Å². The van der Waals surface area contributed by atoms with E-state index in [0.29, 0.717) is 0 Å². The van der Waals surface area contributed by atoms with Crippen LogP contribution in [0.1, 0.15) is 45.6 Å². The average molecular weight is 621 g/mol. The molecule has 0 fully saturated rings. The van der Waals surface area contributed by atoms with E-state index in [-0.39, 0.29) is 0 Å². The lowest BCUT2D eigenvalue weighted by molar-refractivity contribution is 1.31. The van der Waals surface area contributed by atoms with Gasteiger partial charge >= 0.3 is 0 Å². The summed E-state index contributed by atoms with van der Waals surface area (Å²) >= 11 is 0. The fraction of sp³-hybridized carbons (Fsp3) is 0. The lowest BCUT2D eigenvalue weighted by Crippen LogP contribution is -1.93. The van der Waals surface area contributed by atoms with Gasteiger partial charge < -0.3 is 19.9 Å². The van der Waals surface area contributed by atoms with E-state index in [0.717, 1.165) is 91.2 Å². The van der Waals surface area contributed by atoms with E-state index in [1.165, 1.54) is 0 Å². The summed E-state index contributed by atoms with van der Waals surface area (Å²) in [5.74, 6) is 0. The van der Waals surface area contributed by atoms with Crippen LogP contribution in [0.4, 0.5) is 0 Å². The molecule has 0 saturated heterocycles. The molecule has 0 radical (unpaired) electrons. The van der Waals surface area contributed by atoms with Gasteiger partial charge in [0, 0.05) is 34.2 Å². The Kier molecular flexibility index (Phi) is 6.61. The molecule has 5 aliphatic heterocycles. The number of aliphatic imine (C=N–C) groups is 4. The second-order valence-corrected chi connectivity index (χ2v) is 11.7. The molecule has 9 heterocycles. The van der Waals surface area contributed by atoms with Crippen LogP contribution in [0.25, 0.3) is 36.5 Å². The number of allylic oxidation sites excluding steroid dienone is 10. The molecular weight excluding hydrogens is 592 g/mol. The molecule has 16 bridgehead atoms. The van der Waals surface area contributed by atoms with Crippen LogP contribution in [0.5, 0.6) is 0 Å². The number of hydrogen-bond acceptors (Lipinski definition) is 4. The van der Waals surface area contributed by atoms with E-state index >= 15 is 0 Å². The van der Waals surface area contributed by atoms with Gasteiger partial charge in [-0.05, 0) is 146 Å². The van der Waals surface area contributed by atoms with Crippen LogP contribution in [-0.4, -0.2) is 42.8 Å². The third kappa shape index (κ3) is 5.81. The number of aromatic amines is 4. The Bertz CT molecular complexity index is 2260. The first kappa shape index (κ1) is 27.5. The number of aromatic nitrogens is 4. The molecule has 228 valence electrons. The standard InChI is InChI=1S/C40H28N8/c1-2-26-6-10-30(42-26)22-34-14-18-39(46-34)40-20-16-36(48-40)24-32-12-8-28(44-32)4-3-27-7-11-31(43-27)23-35-15-19-38(47-35)37-17-13-33(45-37)21-29-9-5-25(1)41-29/h1-24,41-42,47-48H. The summed E-state index contributed by atoms with van der Waals surface area (Å²) in [6.07, 6.45) is 32.4. The highest BCUT2D eigenvalue weighted by atomic mass is 14.9. The average Bonchev–Trinajstić information content (AvgIpc) is 3.93. The maximum Gasteiger partial charge on any atom is 0.0872 e. The topological polar surface area (TPSA) is 113 Å². The zero-order valence-electron chi connectivity index (χ0n) is 25.6. The normalized spacial score (nSPS) is 17.7. The molecule has 4 aromatic rings. The summed E-state index contributed by atoms with van der Waals surface area (Å²) in [7, 11) is 0.